The van der Waals surface area contributed by atoms with Gasteiger partial charge >= 0.3 is 0 Å². The van der Waals surface area contributed by atoms with Crippen LogP contribution in [0.3, 0.4) is 0 Å². The maximum atomic E-state index is 13.2. The second-order valence-electron chi connectivity index (χ2n) is 7.45. The van der Waals surface area contributed by atoms with Gasteiger partial charge in [0.2, 0.25) is 10.9 Å². The van der Waals surface area contributed by atoms with E-state index in [2.05, 4.69) is 15.4 Å². The molecule has 4 rings (SSSR count). The summed E-state index contributed by atoms with van der Waals surface area (Å²) < 4.78 is 2.44. The van der Waals surface area contributed by atoms with Crippen molar-refractivity contribution >= 4 is 39.2 Å². The van der Waals surface area contributed by atoms with Gasteiger partial charge in [0, 0.05) is 6.42 Å². The van der Waals surface area contributed by atoms with Gasteiger partial charge in [-0.15, -0.1) is 0 Å². The largest absolute Gasteiger partial charge is 0.363 e. The molecule has 9 heteroatoms. The third-order valence-corrected chi connectivity index (χ3v) is 6.00. The number of nitrogens with one attached hydrogen (secondary N) is 1. The average molecular weight is 448 g/mol. The quantitative estimate of drug-likeness (QED) is 0.422. The van der Waals surface area contributed by atoms with E-state index >= 15 is 0 Å². The molecule has 0 aliphatic carbocycles. The van der Waals surface area contributed by atoms with Crippen molar-refractivity contribution in [2.45, 2.75) is 26.3 Å². The number of nitrogens with zero attached hydrogens (tertiary/aromatic N) is 3. The van der Waals surface area contributed by atoms with E-state index in [0.29, 0.717) is 10.8 Å². The standard InChI is InChI=1S/C23H21N5O3S/c1-13-7-6-10-18-19(13)26-23(32-18)28-17(11-14(2)27-28)22(31)25-16(20(29)21(24)30)12-15-8-4-3-5-9-15/h3-11,16H,12H2,1-2H3,(H2,24,30)(H,25,31)/t16-/m0/s1. The number of aryl methyl sites for hydroxylation is 2. The number of carbonyl (C=O) groups excluding carboxylic acids is 3. The Morgan fingerprint density at radius 1 is 1.09 bits per heavy atom. The van der Waals surface area contributed by atoms with Crippen LogP contribution in [-0.2, 0) is 16.0 Å². The van der Waals surface area contributed by atoms with E-state index in [1.54, 1.807) is 13.0 Å². The van der Waals surface area contributed by atoms with Crippen LogP contribution in [0, 0.1) is 13.8 Å². The first-order valence-corrected chi connectivity index (χ1v) is 10.8. The number of rotatable bonds is 7. The molecule has 32 heavy (non-hydrogen) atoms. The van der Waals surface area contributed by atoms with Crippen LogP contribution in [0.2, 0.25) is 0 Å². The third-order valence-electron chi connectivity index (χ3n) is 5.00. The number of Topliss-reactive ketones (excluding diaryl/α,β-unsaturated/α-hetero) is 1. The molecule has 0 aliphatic heterocycles. The highest BCUT2D eigenvalue weighted by molar-refractivity contribution is 7.20. The highest BCUT2D eigenvalue weighted by atomic mass is 32.1. The van der Waals surface area contributed by atoms with Gasteiger partial charge in [0.1, 0.15) is 11.7 Å². The maximum absolute atomic E-state index is 13.2. The van der Waals surface area contributed by atoms with E-state index < -0.39 is 23.6 Å². The fourth-order valence-corrected chi connectivity index (χ4v) is 4.44. The summed E-state index contributed by atoms with van der Waals surface area (Å²) >= 11 is 1.41. The number of aromatic nitrogens is 3. The lowest BCUT2D eigenvalue weighted by atomic mass is 10.0. The number of primary amides is 1. The summed E-state index contributed by atoms with van der Waals surface area (Å²) in [5.41, 5.74) is 8.72. The van der Waals surface area contributed by atoms with E-state index in [4.69, 9.17) is 5.73 Å². The van der Waals surface area contributed by atoms with E-state index in [0.717, 1.165) is 21.3 Å². The van der Waals surface area contributed by atoms with Gasteiger partial charge in [-0.2, -0.15) is 5.10 Å². The fourth-order valence-electron chi connectivity index (χ4n) is 3.44. The minimum atomic E-state index is -1.10. The predicted octanol–water partition coefficient (Wildman–Crippen LogP) is 2.49. The topological polar surface area (TPSA) is 120 Å². The van der Waals surface area contributed by atoms with Crippen molar-refractivity contribution in [3.63, 3.8) is 0 Å². The molecule has 3 N–H and O–H groups in total. The van der Waals surface area contributed by atoms with Crippen molar-refractivity contribution in [1.29, 1.82) is 0 Å². The second kappa shape index (κ2) is 8.72. The van der Waals surface area contributed by atoms with E-state index in [1.807, 2.05) is 55.5 Å². The molecule has 2 amide bonds. The Morgan fingerprint density at radius 2 is 1.84 bits per heavy atom. The number of carbonyl (C=O) groups is 3. The van der Waals surface area contributed by atoms with Crippen LogP contribution in [0.5, 0.6) is 0 Å². The second-order valence-corrected chi connectivity index (χ2v) is 8.45. The minimum absolute atomic E-state index is 0.141. The summed E-state index contributed by atoms with van der Waals surface area (Å²) in [5.74, 6) is -2.50. The van der Waals surface area contributed by atoms with Crippen LogP contribution in [-0.4, -0.2) is 38.4 Å². The minimum Gasteiger partial charge on any atom is -0.363 e. The number of nitrogens with two attached hydrogens (primary N) is 1. The summed E-state index contributed by atoms with van der Waals surface area (Å²) in [6.45, 7) is 3.74. The maximum Gasteiger partial charge on any atom is 0.287 e. The lowest BCUT2D eigenvalue weighted by molar-refractivity contribution is -0.137. The monoisotopic (exact) mass is 447 g/mol. The van der Waals surface area contributed by atoms with Crippen LogP contribution in [0.1, 0.15) is 27.3 Å². The summed E-state index contributed by atoms with van der Waals surface area (Å²) in [4.78, 5) is 41.8. The molecule has 162 valence electrons. The Kier molecular flexibility index (Phi) is 5.83. The molecule has 0 radical (unpaired) electrons. The number of fused-ring (bicyclic) bond motifs is 1. The van der Waals surface area contributed by atoms with Gasteiger partial charge in [0.25, 0.3) is 11.8 Å². The van der Waals surface area contributed by atoms with Crippen molar-refractivity contribution in [1.82, 2.24) is 20.1 Å². The highest BCUT2D eigenvalue weighted by Crippen LogP contribution is 2.27. The first kappa shape index (κ1) is 21.4. The molecule has 0 saturated heterocycles. The van der Waals surface area contributed by atoms with Crippen molar-refractivity contribution in [2.75, 3.05) is 0 Å². The van der Waals surface area contributed by atoms with Gasteiger partial charge in [0.05, 0.1) is 15.9 Å². The summed E-state index contributed by atoms with van der Waals surface area (Å²) in [7, 11) is 0. The van der Waals surface area contributed by atoms with E-state index in [9.17, 15) is 14.4 Å². The van der Waals surface area contributed by atoms with Gasteiger partial charge in [-0.3, -0.25) is 14.4 Å². The normalized spacial score (nSPS) is 11.9. The molecule has 4 aromatic rings. The molecule has 8 nitrogen and oxygen atoms in total. The molecule has 0 aliphatic rings. The fraction of sp³-hybridized carbons (Fsp3) is 0.174. The zero-order chi connectivity index (χ0) is 22.8. The van der Waals surface area contributed by atoms with Crippen LogP contribution >= 0.6 is 11.3 Å². The van der Waals surface area contributed by atoms with Gasteiger partial charge < -0.3 is 11.1 Å². The summed E-state index contributed by atoms with van der Waals surface area (Å²) in [6.07, 6.45) is 0.141. The van der Waals surface area contributed by atoms with E-state index in [-0.39, 0.29) is 12.1 Å². The zero-order valence-corrected chi connectivity index (χ0v) is 18.3. The summed E-state index contributed by atoms with van der Waals surface area (Å²) in [6, 6.07) is 15.5. The Bertz CT molecular complexity index is 1330. The smallest absolute Gasteiger partial charge is 0.287 e. The number of hydrogen-bond donors (Lipinski definition) is 2. The first-order valence-electron chi connectivity index (χ1n) is 9.95. The van der Waals surface area contributed by atoms with Gasteiger partial charge in [-0.05, 0) is 37.1 Å². The Balaban J connectivity index is 1.66. The number of para-hydroxylation sites is 1. The Morgan fingerprint density at radius 3 is 2.53 bits per heavy atom. The van der Waals surface area contributed by atoms with Crippen molar-refractivity contribution < 1.29 is 14.4 Å². The number of hydrogen-bond acceptors (Lipinski definition) is 6. The van der Waals surface area contributed by atoms with Crippen LogP contribution < -0.4 is 11.1 Å². The molecular weight excluding hydrogens is 426 g/mol. The lowest BCUT2D eigenvalue weighted by Gasteiger charge is -2.16. The summed E-state index contributed by atoms with van der Waals surface area (Å²) in [5, 5.41) is 7.62. The number of ketones is 1. The zero-order valence-electron chi connectivity index (χ0n) is 17.5. The van der Waals surface area contributed by atoms with Crippen molar-refractivity contribution in [3.05, 3.63) is 77.1 Å². The molecule has 2 aromatic carbocycles. The number of amides is 2. The SMILES string of the molecule is Cc1cc(C(=O)N[C@@H](Cc2ccccc2)C(=O)C(N)=O)n(-c2nc3c(C)cccc3s2)n1. The molecule has 2 aromatic heterocycles. The molecule has 0 fully saturated rings. The third kappa shape index (κ3) is 4.28. The van der Waals surface area contributed by atoms with E-state index in [1.165, 1.54) is 16.0 Å². The van der Waals surface area contributed by atoms with Gasteiger partial charge in [0.15, 0.2) is 0 Å². The number of thiazole rings is 1. The Labute approximate surface area is 188 Å². The molecule has 1 atom stereocenters. The molecule has 2 heterocycles. The van der Waals surface area contributed by atoms with Crippen molar-refractivity contribution in [3.8, 4) is 5.13 Å². The van der Waals surface area contributed by atoms with Crippen molar-refractivity contribution in [2.24, 2.45) is 5.73 Å². The van der Waals surface area contributed by atoms with Crippen LogP contribution in [0.25, 0.3) is 15.3 Å². The highest BCUT2D eigenvalue weighted by Gasteiger charge is 2.28. The van der Waals surface area contributed by atoms with Gasteiger partial charge in [-0.1, -0.05) is 53.8 Å². The molecule has 0 saturated carbocycles. The molecule has 0 bridgehead atoms. The van der Waals surface area contributed by atoms with Crippen LogP contribution in [0.4, 0.5) is 0 Å². The first-order chi connectivity index (χ1) is 15.3. The average Bonchev–Trinajstić information content (AvgIpc) is 3.37. The molecule has 0 spiro atoms. The lowest BCUT2D eigenvalue weighted by Crippen LogP contribution is -2.47. The number of benzene rings is 2. The van der Waals surface area contributed by atoms with Crippen LogP contribution in [0.15, 0.2) is 54.6 Å². The molecule has 0 unspecified atom stereocenters. The van der Waals surface area contributed by atoms with Gasteiger partial charge in [-0.25, -0.2) is 9.67 Å². The molecular formula is C23H21N5O3S. The predicted molar refractivity (Wildman–Crippen MR) is 122 cm³/mol. The Hall–Kier alpha value is -3.85.